The maximum Gasteiger partial charge on any atom is 0.215 e. The van der Waals surface area contributed by atoms with Crippen molar-refractivity contribution in [3.8, 4) is 5.75 Å². The highest BCUT2D eigenvalue weighted by Crippen LogP contribution is 2.12. The number of hydrogen-bond acceptors (Lipinski definition) is 4. The lowest BCUT2D eigenvalue weighted by Gasteiger charge is -2.12. The molecule has 2 rings (SSSR count). The lowest BCUT2D eigenvalue weighted by atomic mass is 10.1. The average molecular weight is 532 g/mol. The molecule has 0 aliphatic heterocycles. The van der Waals surface area contributed by atoms with Gasteiger partial charge in [0.15, 0.2) is 5.96 Å². The van der Waals surface area contributed by atoms with Crippen molar-refractivity contribution in [3.05, 3.63) is 65.2 Å². The summed E-state index contributed by atoms with van der Waals surface area (Å²) >= 11 is 0. The SMILES string of the molecule is CCNC(=NCc1cccc(CS(=O)(=O)NC)c1)NCc1cccc(OC)c1.I. The molecule has 0 saturated carbocycles. The van der Waals surface area contributed by atoms with Gasteiger partial charge in [-0.25, -0.2) is 18.1 Å². The first-order chi connectivity index (χ1) is 13.5. The van der Waals surface area contributed by atoms with Crippen molar-refractivity contribution in [2.75, 3.05) is 20.7 Å². The second-order valence-corrected chi connectivity index (χ2v) is 8.11. The summed E-state index contributed by atoms with van der Waals surface area (Å²) in [6.07, 6.45) is 0. The zero-order chi connectivity index (χ0) is 20.4. The van der Waals surface area contributed by atoms with Gasteiger partial charge in [0, 0.05) is 13.1 Å². The smallest absolute Gasteiger partial charge is 0.215 e. The van der Waals surface area contributed by atoms with E-state index in [0.717, 1.165) is 29.0 Å². The topological polar surface area (TPSA) is 91.8 Å². The average Bonchev–Trinajstić information content (AvgIpc) is 2.70. The number of rotatable bonds is 9. The summed E-state index contributed by atoms with van der Waals surface area (Å²) in [6.45, 7) is 3.81. The van der Waals surface area contributed by atoms with E-state index < -0.39 is 10.0 Å². The molecule has 0 heterocycles. The van der Waals surface area contributed by atoms with E-state index >= 15 is 0 Å². The molecule has 0 atom stereocenters. The Morgan fingerprint density at radius 3 is 2.41 bits per heavy atom. The fourth-order valence-corrected chi connectivity index (χ4v) is 3.35. The van der Waals surface area contributed by atoms with Gasteiger partial charge in [-0.15, -0.1) is 24.0 Å². The minimum absolute atomic E-state index is 0. The van der Waals surface area contributed by atoms with E-state index in [1.54, 1.807) is 13.2 Å². The van der Waals surface area contributed by atoms with Gasteiger partial charge >= 0.3 is 0 Å². The summed E-state index contributed by atoms with van der Waals surface area (Å²) in [4.78, 5) is 4.60. The molecule has 0 aromatic heterocycles. The zero-order valence-corrected chi connectivity index (χ0v) is 20.1. The van der Waals surface area contributed by atoms with Crippen LogP contribution in [0, 0.1) is 0 Å². The lowest BCUT2D eigenvalue weighted by molar-refractivity contribution is 0.414. The van der Waals surface area contributed by atoms with E-state index in [-0.39, 0.29) is 29.7 Å². The number of sulfonamides is 1. The number of nitrogens with one attached hydrogen (secondary N) is 3. The van der Waals surface area contributed by atoms with Gasteiger partial charge in [-0.3, -0.25) is 0 Å². The fraction of sp³-hybridized carbons (Fsp3) is 0.350. The number of benzene rings is 2. The van der Waals surface area contributed by atoms with E-state index in [4.69, 9.17) is 4.74 Å². The summed E-state index contributed by atoms with van der Waals surface area (Å²) in [7, 11) is -0.231. The van der Waals surface area contributed by atoms with Gasteiger partial charge in [0.25, 0.3) is 0 Å². The van der Waals surface area contributed by atoms with Crippen LogP contribution >= 0.6 is 24.0 Å². The highest BCUT2D eigenvalue weighted by atomic mass is 127. The molecule has 0 radical (unpaired) electrons. The van der Waals surface area contributed by atoms with Crippen LogP contribution in [0.5, 0.6) is 5.75 Å². The zero-order valence-electron chi connectivity index (χ0n) is 16.9. The molecule has 0 saturated heterocycles. The molecule has 2 aromatic rings. The monoisotopic (exact) mass is 532 g/mol. The molecule has 3 N–H and O–H groups in total. The second-order valence-electron chi connectivity index (χ2n) is 6.18. The van der Waals surface area contributed by atoms with Crippen LogP contribution in [0.15, 0.2) is 53.5 Å². The number of nitrogens with zero attached hydrogens (tertiary/aromatic N) is 1. The van der Waals surface area contributed by atoms with Crippen molar-refractivity contribution >= 4 is 40.0 Å². The molecule has 29 heavy (non-hydrogen) atoms. The first-order valence-corrected chi connectivity index (χ1v) is 10.7. The van der Waals surface area contributed by atoms with E-state index in [1.807, 2.05) is 49.4 Å². The maximum atomic E-state index is 11.7. The number of aliphatic imine (C=N–C) groups is 1. The summed E-state index contributed by atoms with van der Waals surface area (Å²) in [5.41, 5.74) is 2.77. The van der Waals surface area contributed by atoms with Crippen LogP contribution in [0.3, 0.4) is 0 Å². The van der Waals surface area contributed by atoms with E-state index in [0.29, 0.717) is 19.0 Å². The Bertz CT molecular complexity index is 904. The van der Waals surface area contributed by atoms with Gasteiger partial charge in [-0.05, 0) is 42.8 Å². The van der Waals surface area contributed by atoms with Crippen molar-refractivity contribution < 1.29 is 13.2 Å². The van der Waals surface area contributed by atoms with Gasteiger partial charge in [0.1, 0.15) is 5.75 Å². The second kappa shape index (κ2) is 12.7. The summed E-state index contributed by atoms with van der Waals surface area (Å²) in [6, 6.07) is 15.3. The molecule has 0 amide bonds. The molecular weight excluding hydrogens is 503 g/mol. The first kappa shape index (κ1) is 25.2. The number of ether oxygens (including phenoxy) is 1. The van der Waals surface area contributed by atoms with Crippen molar-refractivity contribution in [2.24, 2.45) is 4.99 Å². The van der Waals surface area contributed by atoms with Crippen LogP contribution in [0.2, 0.25) is 0 Å². The quantitative estimate of drug-likeness (QED) is 0.263. The molecule has 0 fully saturated rings. The number of hydrogen-bond donors (Lipinski definition) is 3. The number of methoxy groups -OCH3 is 1. The minimum Gasteiger partial charge on any atom is -0.497 e. The van der Waals surface area contributed by atoms with E-state index in [9.17, 15) is 8.42 Å². The summed E-state index contributed by atoms with van der Waals surface area (Å²) in [5, 5.41) is 6.51. The van der Waals surface area contributed by atoms with Crippen molar-refractivity contribution in [3.63, 3.8) is 0 Å². The standard InChI is InChI=1S/C20H28N4O3S.HI/c1-4-22-20(24-14-17-8-6-10-19(12-17)27-3)23-13-16-7-5-9-18(11-16)15-28(25,26)21-2;/h5-12,21H,4,13-15H2,1-3H3,(H2,22,23,24);1H. The molecule has 0 aliphatic rings. The molecule has 0 aliphatic carbocycles. The molecular formula is C20H29IN4O3S. The Morgan fingerprint density at radius 1 is 1.03 bits per heavy atom. The summed E-state index contributed by atoms with van der Waals surface area (Å²) < 4.78 is 31.0. The number of halogens is 1. The lowest BCUT2D eigenvalue weighted by Crippen LogP contribution is -2.36. The van der Waals surface area contributed by atoms with Gasteiger partial charge < -0.3 is 15.4 Å². The Balaban J connectivity index is 0.00000420. The summed E-state index contributed by atoms with van der Waals surface area (Å²) in [5.74, 6) is 1.46. The normalized spacial score (nSPS) is 11.5. The van der Waals surface area contributed by atoms with Crippen LogP contribution in [0.25, 0.3) is 0 Å². The maximum absolute atomic E-state index is 11.7. The Kier molecular flexibility index (Phi) is 11.0. The molecule has 2 aromatic carbocycles. The predicted molar refractivity (Wildman–Crippen MR) is 128 cm³/mol. The van der Waals surface area contributed by atoms with Crippen LogP contribution in [-0.2, 0) is 28.9 Å². The third-order valence-corrected chi connectivity index (χ3v) is 5.35. The highest BCUT2D eigenvalue weighted by molar-refractivity contribution is 14.0. The van der Waals surface area contributed by atoms with Gasteiger partial charge in [0.2, 0.25) is 10.0 Å². The largest absolute Gasteiger partial charge is 0.497 e. The minimum atomic E-state index is -3.29. The molecule has 0 bridgehead atoms. The highest BCUT2D eigenvalue weighted by Gasteiger charge is 2.08. The van der Waals surface area contributed by atoms with Crippen molar-refractivity contribution in [2.45, 2.75) is 25.8 Å². The van der Waals surface area contributed by atoms with Gasteiger partial charge in [-0.1, -0.05) is 36.4 Å². The van der Waals surface area contributed by atoms with Crippen LogP contribution in [-0.4, -0.2) is 35.1 Å². The van der Waals surface area contributed by atoms with E-state index in [1.165, 1.54) is 7.05 Å². The Labute approximate surface area is 190 Å². The fourth-order valence-electron chi connectivity index (χ4n) is 2.59. The number of guanidine groups is 1. The molecule has 9 heteroatoms. The molecule has 0 spiro atoms. The third-order valence-electron chi connectivity index (χ3n) is 4.02. The van der Waals surface area contributed by atoms with Crippen molar-refractivity contribution in [1.82, 2.24) is 15.4 Å². The molecule has 7 nitrogen and oxygen atoms in total. The van der Waals surface area contributed by atoms with Crippen LogP contribution < -0.4 is 20.1 Å². The van der Waals surface area contributed by atoms with Crippen LogP contribution in [0.4, 0.5) is 0 Å². The van der Waals surface area contributed by atoms with Crippen molar-refractivity contribution in [1.29, 1.82) is 0 Å². The predicted octanol–water partition coefficient (Wildman–Crippen LogP) is 2.62. The third kappa shape index (κ3) is 9.01. The van der Waals surface area contributed by atoms with E-state index in [2.05, 4.69) is 20.3 Å². The Hall–Kier alpha value is -1.85. The van der Waals surface area contributed by atoms with Gasteiger partial charge in [0.05, 0.1) is 19.4 Å². The molecule has 0 unspecified atom stereocenters. The van der Waals surface area contributed by atoms with Gasteiger partial charge in [-0.2, -0.15) is 0 Å². The molecule has 160 valence electrons. The first-order valence-electron chi connectivity index (χ1n) is 9.10. The Morgan fingerprint density at radius 2 is 1.72 bits per heavy atom. The van der Waals surface area contributed by atoms with Crippen LogP contribution in [0.1, 0.15) is 23.6 Å².